The predicted octanol–water partition coefficient (Wildman–Crippen LogP) is 3.86. The van der Waals surface area contributed by atoms with E-state index >= 15 is 0 Å². The van der Waals surface area contributed by atoms with E-state index in [1.165, 1.54) is 24.0 Å². The Morgan fingerprint density at radius 2 is 1.62 bits per heavy atom. The fourth-order valence-corrected chi connectivity index (χ4v) is 1.75. The van der Waals surface area contributed by atoms with E-state index in [2.05, 4.69) is 45.0 Å². The van der Waals surface area contributed by atoms with Crippen molar-refractivity contribution in [2.45, 2.75) is 44.9 Å². The van der Waals surface area contributed by atoms with Crippen molar-refractivity contribution in [2.75, 3.05) is 0 Å². The molecule has 2 rings (SSSR count). The molecule has 70 valence electrons. The van der Waals surface area contributed by atoms with Crippen LogP contribution < -0.4 is 0 Å². The first kappa shape index (κ1) is 8.80. The van der Waals surface area contributed by atoms with Crippen LogP contribution in [0.15, 0.2) is 24.3 Å². The molecular weight excluding hydrogens is 156 g/mol. The highest BCUT2D eigenvalue weighted by molar-refractivity contribution is 5.33. The topological polar surface area (TPSA) is 0 Å². The van der Waals surface area contributed by atoms with E-state index in [4.69, 9.17) is 0 Å². The Hall–Kier alpha value is -0.780. The SMILES string of the molecule is CC(C)c1ccc(C2(C)CC2)cc1. The normalized spacial score (nSPS) is 19.1. The molecule has 0 N–H and O–H groups in total. The third-order valence-electron chi connectivity index (χ3n) is 3.27. The van der Waals surface area contributed by atoms with Crippen molar-refractivity contribution in [3.8, 4) is 0 Å². The molecule has 0 radical (unpaired) electrons. The molecule has 0 bridgehead atoms. The molecule has 1 aromatic carbocycles. The van der Waals surface area contributed by atoms with Crippen molar-refractivity contribution in [1.29, 1.82) is 0 Å². The maximum atomic E-state index is 2.36. The van der Waals surface area contributed by atoms with Gasteiger partial charge >= 0.3 is 0 Å². The lowest BCUT2D eigenvalue weighted by molar-refractivity contribution is 0.783. The van der Waals surface area contributed by atoms with Gasteiger partial charge in [0.15, 0.2) is 0 Å². The second-order valence-corrected chi connectivity index (χ2v) is 4.84. The first-order valence-electron chi connectivity index (χ1n) is 5.22. The fraction of sp³-hybridized carbons (Fsp3) is 0.538. The summed E-state index contributed by atoms with van der Waals surface area (Å²) in [4.78, 5) is 0. The summed E-state index contributed by atoms with van der Waals surface area (Å²) in [6, 6.07) is 9.18. The fourth-order valence-electron chi connectivity index (χ4n) is 1.75. The summed E-state index contributed by atoms with van der Waals surface area (Å²) < 4.78 is 0. The van der Waals surface area contributed by atoms with Crippen molar-refractivity contribution in [3.05, 3.63) is 35.4 Å². The summed E-state index contributed by atoms with van der Waals surface area (Å²) in [5.74, 6) is 0.654. The van der Waals surface area contributed by atoms with E-state index in [0.29, 0.717) is 11.3 Å². The molecule has 1 aliphatic carbocycles. The standard InChI is InChI=1S/C13H18/c1-10(2)11-4-6-12(7-5-11)13(3)8-9-13/h4-7,10H,8-9H2,1-3H3. The van der Waals surface area contributed by atoms with Gasteiger partial charge in [0.1, 0.15) is 0 Å². The first-order chi connectivity index (χ1) is 6.12. The predicted molar refractivity (Wildman–Crippen MR) is 57.1 cm³/mol. The second kappa shape index (κ2) is 2.87. The summed E-state index contributed by atoms with van der Waals surface area (Å²) >= 11 is 0. The van der Waals surface area contributed by atoms with Gasteiger partial charge in [0.2, 0.25) is 0 Å². The maximum absolute atomic E-state index is 2.36. The summed E-state index contributed by atoms with van der Waals surface area (Å²) in [5.41, 5.74) is 3.50. The van der Waals surface area contributed by atoms with Gasteiger partial charge in [0, 0.05) is 0 Å². The minimum absolute atomic E-state index is 0.523. The zero-order valence-electron chi connectivity index (χ0n) is 8.80. The number of benzene rings is 1. The maximum Gasteiger partial charge on any atom is -0.00746 e. The van der Waals surface area contributed by atoms with Crippen LogP contribution in [0.5, 0.6) is 0 Å². The highest BCUT2D eigenvalue weighted by atomic mass is 14.4. The van der Waals surface area contributed by atoms with Crippen LogP contribution in [-0.2, 0) is 5.41 Å². The van der Waals surface area contributed by atoms with E-state index in [-0.39, 0.29) is 0 Å². The van der Waals surface area contributed by atoms with Gasteiger partial charge in [-0.2, -0.15) is 0 Å². The minimum Gasteiger partial charge on any atom is -0.0587 e. The van der Waals surface area contributed by atoms with Crippen LogP contribution in [0.2, 0.25) is 0 Å². The Morgan fingerprint density at radius 1 is 1.08 bits per heavy atom. The molecule has 0 aromatic heterocycles. The Labute approximate surface area is 81.0 Å². The van der Waals surface area contributed by atoms with Gasteiger partial charge in [-0.25, -0.2) is 0 Å². The molecule has 0 heteroatoms. The molecule has 0 amide bonds. The quantitative estimate of drug-likeness (QED) is 0.638. The molecule has 0 spiro atoms. The monoisotopic (exact) mass is 174 g/mol. The van der Waals surface area contributed by atoms with E-state index < -0.39 is 0 Å². The van der Waals surface area contributed by atoms with Crippen molar-refractivity contribution in [3.63, 3.8) is 0 Å². The summed E-state index contributed by atoms with van der Waals surface area (Å²) in [6.45, 7) is 6.85. The smallest absolute Gasteiger partial charge is 0.00746 e. The van der Waals surface area contributed by atoms with Crippen LogP contribution in [0.3, 0.4) is 0 Å². The second-order valence-electron chi connectivity index (χ2n) is 4.84. The van der Waals surface area contributed by atoms with Gasteiger partial charge in [-0.3, -0.25) is 0 Å². The third kappa shape index (κ3) is 1.63. The molecule has 0 aliphatic heterocycles. The Morgan fingerprint density at radius 3 is 2.00 bits per heavy atom. The molecule has 0 saturated heterocycles. The van der Waals surface area contributed by atoms with Crippen LogP contribution in [-0.4, -0.2) is 0 Å². The Bertz CT molecular complexity index is 288. The van der Waals surface area contributed by atoms with Gasteiger partial charge in [0.05, 0.1) is 0 Å². The van der Waals surface area contributed by atoms with Crippen LogP contribution in [0.4, 0.5) is 0 Å². The summed E-state index contributed by atoms with van der Waals surface area (Å²) in [5, 5.41) is 0. The average Bonchev–Trinajstić information content (AvgIpc) is 2.85. The Balaban J connectivity index is 2.24. The van der Waals surface area contributed by atoms with Crippen LogP contribution >= 0.6 is 0 Å². The largest absolute Gasteiger partial charge is 0.0587 e. The lowest BCUT2D eigenvalue weighted by atomic mass is 9.94. The lowest BCUT2D eigenvalue weighted by Crippen LogP contribution is -1.99. The lowest BCUT2D eigenvalue weighted by Gasteiger charge is -2.11. The number of hydrogen-bond acceptors (Lipinski definition) is 0. The van der Waals surface area contributed by atoms with Crippen molar-refractivity contribution in [2.24, 2.45) is 0 Å². The van der Waals surface area contributed by atoms with Crippen molar-refractivity contribution < 1.29 is 0 Å². The minimum atomic E-state index is 0.523. The molecule has 0 atom stereocenters. The third-order valence-corrected chi connectivity index (χ3v) is 3.27. The van der Waals surface area contributed by atoms with Gasteiger partial charge in [0.25, 0.3) is 0 Å². The number of hydrogen-bond donors (Lipinski definition) is 0. The molecule has 1 saturated carbocycles. The average molecular weight is 174 g/mol. The first-order valence-corrected chi connectivity index (χ1v) is 5.22. The molecular formula is C13H18. The molecule has 0 heterocycles. The van der Waals surface area contributed by atoms with Gasteiger partial charge in [-0.15, -0.1) is 0 Å². The molecule has 0 unspecified atom stereocenters. The zero-order valence-corrected chi connectivity index (χ0v) is 8.80. The van der Waals surface area contributed by atoms with Crippen LogP contribution in [0.1, 0.15) is 50.7 Å². The van der Waals surface area contributed by atoms with E-state index in [1.807, 2.05) is 0 Å². The number of rotatable bonds is 2. The van der Waals surface area contributed by atoms with E-state index in [1.54, 1.807) is 0 Å². The highest BCUT2D eigenvalue weighted by Crippen LogP contribution is 2.47. The molecule has 1 aromatic rings. The highest BCUT2D eigenvalue weighted by Gasteiger charge is 2.38. The van der Waals surface area contributed by atoms with Crippen LogP contribution in [0, 0.1) is 0 Å². The zero-order chi connectivity index (χ0) is 9.47. The summed E-state index contributed by atoms with van der Waals surface area (Å²) in [6.07, 6.45) is 2.74. The molecule has 1 aliphatic rings. The van der Waals surface area contributed by atoms with Crippen LogP contribution in [0.25, 0.3) is 0 Å². The van der Waals surface area contributed by atoms with Gasteiger partial charge < -0.3 is 0 Å². The van der Waals surface area contributed by atoms with Crippen molar-refractivity contribution >= 4 is 0 Å². The van der Waals surface area contributed by atoms with Gasteiger partial charge in [-0.05, 0) is 35.3 Å². The summed E-state index contributed by atoms with van der Waals surface area (Å²) in [7, 11) is 0. The van der Waals surface area contributed by atoms with E-state index in [9.17, 15) is 0 Å². The van der Waals surface area contributed by atoms with Crippen molar-refractivity contribution in [1.82, 2.24) is 0 Å². The Kier molecular flexibility index (Phi) is 1.94. The molecule has 0 nitrogen and oxygen atoms in total. The molecule has 13 heavy (non-hydrogen) atoms. The van der Waals surface area contributed by atoms with Gasteiger partial charge in [-0.1, -0.05) is 45.0 Å². The molecule has 1 fully saturated rings. The van der Waals surface area contributed by atoms with E-state index in [0.717, 1.165) is 0 Å².